The molecule has 0 saturated heterocycles. The molecule has 0 aliphatic rings. The summed E-state index contributed by atoms with van der Waals surface area (Å²) in [5, 5.41) is 0.752. The average molecular weight is 430 g/mol. The number of ketones is 1. The van der Waals surface area contributed by atoms with Gasteiger partial charge >= 0.3 is 5.97 Å². The molecule has 3 aromatic rings. The summed E-state index contributed by atoms with van der Waals surface area (Å²) in [5.41, 5.74) is 2.84. The SMILES string of the molecule is CCOC(=O)c1c(C)n(C)c2ccc(OCC(=O)c3ccc(Br)cc3)cc12. The molecule has 5 nitrogen and oxygen atoms in total. The number of aryl methyl sites for hydroxylation is 1. The van der Waals surface area contributed by atoms with Crippen LogP contribution in [0.1, 0.15) is 33.3 Å². The molecule has 0 aliphatic carbocycles. The van der Waals surface area contributed by atoms with Crippen LogP contribution in [0.2, 0.25) is 0 Å². The van der Waals surface area contributed by atoms with E-state index < -0.39 is 0 Å². The van der Waals surface area contributed by atoms with Crippen LogP contribution in [0, 0.1) is 6.92 Å². The fourth-order valence-electron chi connectivity index (χ4n) is 2.97. The normalized spacial score (nSPS) is 10.8. The molecule has 27 heavy (non-hydrogen) atoms. The molecule has 140 valence electrons. The highest BCUT2D eigenvalue weighted by Gasteiger charge is 2.20. The molecule has 0 N–H and O–H groups in total. The van der Waals surface area contributed by atoms with Gasteiger partial charge in [0.05, 0.1) is 12.2 Å². The quantitative estimate of drug-likeness (QED) is 0.421. The van der Waals surface area contributed by atoms with Crippen molar-refractivity contribution in [2.75, 3.05) is 13.2 Å². The van der Waals surface area contributed by atoms with Gasteiger partial charge in [0.15, 0.2) is 12.4 Å². The van der Waals surface area contributed by atoms with Crippen molar-refractivity contribution in [3.05, 3.63) is 63.8 Å². The molecular weight excluding hydrogens is 410 g/mol. The first kappa shape index (κ1) is 19.2. The van der Waals surface area contributed by atoms with E-state index in [1.807, 2.05) is 36.7 Å². The van der Waals surface area contributed by atoms with Gasteiger partial charge in [0.1, 0.15) is 5.75 Å². The lowest BCUT2D eigenvalue weighted by atomic mass is 10.1. The third kappa shape index (κ3) is 3.90. The van der Waals surface area contributed by atoms with Crippen LogP contribution in [-0.2, 0) is 11.8 Å². The van der Waals surface area contributed by atoms with Crippen LogP contribution in [0.25, 0.3) is 10.9 Å². The van der Waals surface area contributed by atoms with E-state index in [0.29, 0.717) is 23.5 Å². The van der Waals surface area contributed by atoms with Crippen molar-refractivity contribution < 1.29 is 19.1 Å². The molecule has 1 aromatic heterocycles. The van der Waals surface area contributed by atoms with Gasteiger partial charge in [-0.1, -0.05) is 28.1 Å². The summed E-state index contributed by atoms with van der Waals surface area (Å²) in [6.45, 7) is 3.89. The second-order valence-electron chi connectivity index (χ2n) is 6.14. The van der Waals surface area contributed by atoms with Crippen molar-refractivity contribution in [1.82, 2.24) is 4.57 Å². The zero-order valence-electron chi connectivity index (χ0n) is 15.4. The van der Waals surface area contributed by atoms with Crippen molar-refractivity contribution in [3.63, 3.8) is 0 Å². The number of carbonyl (C=O) groups is 2. The van der Waals surface area contributed by atoms with Gasteiger partial charge in [0.25, 0.3) is 0 Å². The number of hydrogen-bond donors (Lipinski definition) is 0. The second kappa shape index (κ2) is 7.96. The number of carbonyl (C=O) groups excluding carboxylic acids is 2. The molecule has 0 unspecified atom stereocenters. The summed E-state index contributed by atoms with van der Waals surface area (Å²) >= 11 is 3.35. The molecule has 0 amide bonds. The number of aromatic nitrogens is 1. The largest absolute Gasteiger partial charge is 0.485 e. The van der Waals surface area contributed by atoms with Crippen LogP contribution in [0.15, 0.2) is 46.9 Å². The van der Waals surface area contributed by atoms with Crippen LogP contribution in [-0.4, -0.2) is 29.5 Å². The number of benzene rings is 2. The molecule has 0 bridgehead atoms. The van der Waals surface area contributed by atoms with E-state index in [-0.39, 0.29) is 18.4 Å². The molecule has 2 aromatic carbocycles. The number of hydrogen-bond acceptors (Lipinski definition) is 4. The first-order valence-electron chi connectivity index (χ1n) is 8.60. The summed E-state index contributed by atoms with van der Waals surface area (Å²) in [4.78, 5) is 24.6. The van der Waals surface area contributed by atoms with Crippen molar-refractivity contribution in [2.24, 2.45) is 7.05 Å². The molecule has 0 aliphatic heterocycles. The fraction of sp³-hybridized carbons (Fsp3) is 0.238. The predicted molar refractivity (Wildman–Crippen MR) is 108 cm³/mol. The maximum atomic E-state index is 12.3. The van der Waals surface area contributed by atoms with Crippen LogP contribution in [0.5, 0.6) is 5.75 Å². The Balaban J connectivity index is 1.85. The minimum absolute atomic E-state index is 0.0757. The Morgan fingerprint density at radius 1 is 1.11 bits per heavy atom. The smallest absolute Gasteiger partial charge is 0.340 e. The van der Waals surface area contributed by atoms with Crippen LogP contribution in [0.3, 0.4) is 0 Å². The Labute approximate surface area is 166 Å². The molecule has 0 saturated carbocycles. The van der Waals surface area contributed by atoms with Gasteiger partial charge in [0, 0.05) is 33.7 Å². The van der Waals surface area contributed by atoms with Crippen molar-refractivity contribution >= 4 is 38.6 Å². The number of esters is 1. The molecular formula is C21H20BrNO4. The van der Waals surface area contributed by atoms with Crippen molar-refractivity contribution in [2.45, 2.75) is 13.8 Å². The fourth-order valence-corrected chi connectivity index (χ4v) is 3.23. The van der Waals surface area contributed by atoms with Crippen molar-refractivity contribution in [3.8, 4) is 5.75 Å². The number of nitrogens with zero attached hydrogens (tertiary/aromatic N) is 1. The standard InChI is InChI=1S/C21H20BrNO4/c1-4-26-21(25)20-13(2)23(3)18-10-9-16(11-17(18)20)27-12-19(24)14-5-7-15(22)8-6-14/h5-11H,4,12H2,1-3H3. The molecule has 0 radical (unpaired) electrons. The molecule has 0 spiro atoms. The highest BCUT2D eigenvalue weighted by Crippen LogP contribution is 2.29. The minimum atomic E-state index is -0.358. The zero-order valence-corrected chi connectivity index (χ0v) is 17.0. The van der Waals surface area contributed by atoms with E-state index in [9.17, 15) is 9.59 Å². The molecule has 6 heteroatoms. The summed E-state index contributed by atoms with van der Waals surface area (Å²) < 4.78 is 13.7. The maximum absolute atomic E-state index is 12.3. The van der Waals surface area contributed by atoms with E-state index in [0.717, 1.165) is 21.1 Å². The van der Waals surface area contributed by atoms with Gasteiger partial charge < -0.3 is 14.0 Å². The van der Waals surface area contributed by atoms with Crippen LogP contribution >= 0.6 is 15.9 Å². The first-order chi connectivity index (χ1) is 12.9. The second-order valence-corrected chi connectivity index (χ2v) is 7.05. The third-order valence-electron chi connectivity index (χ3n) is 4.48. The van der Waals surface area contributed by atoms with Gasteiger partial charge in [-0.3, -0.25) is 4.79 Å². The van der Waals surface area contributed by atoms with Gasteiger partial charge in [-0.05, 0) is 44.2 Å². The number of Topliss-reactive ketones (excluding diaryl/α,β-unsaturated/α-hetero) is 1. The molecule has 1 heterocycles. The maximum Gasteiger partial charge on any atom is 0.340 e. The predicted octanol–water partition coefficient (Wildman–Crippen LogP) is 4.69. The Bertz CT molecular complexity index is 1010. The monoisotopic (exact) mass is 429 g/mol. The number of halogens is 1. The third-order valence-corrected chi connectivity index (χ3v) is 5.01. The summed E-state index contributed by atoms with van der Waals surface area (Å²) in [6.07, 6.45) is 0. The van der Waals surface area contributed by atoms with E-state index in [2.05, 4.69) is 15.9 Å². The van der Waals surface area contributed by atoms with Crippen LogP contribution in [0.4, 0.5) is 0 Å². The van der Waals surface area contributed by atoms with E-state index >= 15 is 0 Å². The highest BCUT2D eigenvalue weighted by atomic mass is 79.9. The Morgan fingerprint density at radius 2 is 1.81 bits per heavy atom. The summed E-state index contributed by atoms with van der Waals surface area (Å²) in [6, 6.07) is 12.6. The lowest BCUT2D eigenvalue weighted by molar-refractivity contribution is 0.0527. The lowest BCUT2D eigenvalue weighted by Gasteiger charge is -2.07. The highest BCUT2D eigenvalue weighted by molar-refractivity contribution is 9.10. The summed E-state index contributed by atoms with van der Waals surface area (Å²) in [5.74, 6) is 0.0604. The molecule has 0 fully saturated rings. The van der Waals surface area contributed by atoms with Crippen LogP contribution < -0.4 is 4.74 Å². The molecule has 3 rings (SSSR count). The Hall–Kier alpha value is -2.60. The van der Waals surface area contributed by atoms with Gasteiger partial charge in [-0.2, -0.15) is 0 Å². The van der Waals surface area contributed by atoms with Crippen molar-refractivity contribution in [1.29, 1.82) is 0 Å². The number of rotatable bonds is 6. The van der Waals surface area contributed by atoms with Gasteiger partial charge in [-0.15, -0.1) is 0 Å². The number of fused-ring (bicyclic) bond motifs is 1. The minimum Gasteiger partial charge on any atom is -0.485 e. The Morgan fingerprint density at radius 3 is 2.48 bits per heavy atom. The van der Waals surface area contributed by atoms with E-state index in [4.69, 9.17) is 9.47 Å². The van der Waals surface area contributed by atoms with Gasteiger partial charge in [0.2, 0.25) is 0 Å². The van der Waals surface area contributed by atoms with E-state index in [1.54, 1.807) is 31.2 Å². The van der Waals surface area contributed by atoms with E-state index in [1.165, 1.54) is 0 Å². The topological polar surface area (TPSA) is 57.5 Å². The summed E-state index contributed by atoms with van der Waals surface area (Å²) in [7, 11) is 1.90. The average Bonchev–Trinajstić information content (AvgIpc) is 2.91. The lowest BCUT2D eigenvalue weighted by Crippen LogP contribution is -2.11. The Kier molecular flexibility index (Phi) is 5.65. The zero-order chi connectivity index (χ0) is 19.6. The molecule has 0 atom stereocenters. The first-order valence-corrected chi connectivity index (χ1v) is 9.39. The number of ether oxygens (including phenoxy) is 2. The van der Waals surface area contributed by atoms with Gasteiger partial charge in [-0.25, -0.2) is 4.79 Å².